The number of rotatable bonds is 3. The van der Waals surface area contributed by atoms with Gasteiger partial charge in [-0.3, -0.25) is 0 Å². The van der Waals surface area contributed by atoms with Crippen LogP contribution in [0, 0.1) is 5.92 Å². The molecule has 1 rings (SSSR count). The summed E-state index contributed by atoms with van der Waals surface area (Å²) < 4.78 is 5.27. The van der Waals surface area contributed by atoms with Crippen molar-refractivity contribution in [1.29, 1.82) is 0 Å². The van der Waals surface area contributed by atoms with Crippen molar-refractivity contribution in [2.24, 2.45) is 5.92 Å². The maximum atomic E-state index is 5.27. The van der Waals surface area contributed by atoms with Gasteiger partial charge >= 0.3 is 0 Å². The molecule has 0 saturated heterocycles. The van der Waals surface area contributed by atoms with Gasteiger partial charge in [0.25, 0.3) is 0 Å². The maximum absolute atomic E-state index is 5.27. The molecule has 1 atom stereocenters. The van der Waals surface area contributed by atoms with E-state index in [1.54, 1.807) is 7.11 Å². The van der Waals surface area contributed by atoms with E-state index in [2.05, 4.69) is 38.2 Å². The summed E-state index contributed by atoms with van der Waals surface area (Å²) in [6.45, 7) is 4.38. The van der Waals surface area contributed by atoms with Gasteiger partial charge in [-0.1, -0.05) is 26.0 Å². The van der Waals surface area contributed by atoms with Crippen LogP contribution in [0.15, 0.2) is 35.6 Å². The van der Waals surface area contributed by atoms with Gasteiger partial charge in [0.2, 0.25) is 0 Å². The minimum Gasteiger partial charge on any atom is -0.497 e. The first-order chi connectivity index (χ1) is 6.76. The fourth-order valence-electron chi connectivity index (χ4n) is 1.57. The standard InChI is InChI=1S/C13H20O/c1-4-5-13(14-3)10-12-8-6-11(2)7-9-12/h5-6,8,10-11H,4,7,9H2,1-3H3. The van der Waals surface area contributed by atoms with Crippen LogP contribution in [0.1, 0.15) is 33.1 Å². The first-order valence-corrected chi connectivity index (χ1v) is 5.39. The summed E-state index contributed by atoms with van der Waals surface area (Å²) in [5.41, 5.74) is 1.38. The first-order valence-electron chi connectivity index (χ1n) is 5.39. The Morgan fingerprint density at radius 1 is 1.64 bits per heavy atom. The molecule has 0 aromatic carbocycles. The number of ether oxygens (including phenoxy) is 1. The number of methoxy groups -OCH3 is 1. The molecule has 1 nitrogen and oxygen atoms in total. The first kappa shape index (κ1) is 11.1. The molecule has 0 aromatic rings. The van der Waals surface area contributed by atoms with Crippen molar-refractivity contribution in [1.82, 2.24) is 0 Å². The molecule has 0 heterocycles. The predicted octanol–water partition coefficient (Wildman–Crippen LogP) is 3.84. The Balaban J connectivity index is 2.67. The quantitative estimate of drug-likeness (QED) is 0.617. The second-order valence-corrected chi connectivity index (χ2v) is 3.81. The summed E-state index contributed by atoms with van der Waals surface area (Å²) in [5, 5.41) is 0. The van der Waals surface area contributed by atoms with Gasteiger partial charge in [-0.05, 0) is 42.9 Å². The fraction of sp³-hybridized carbons (Fsp3) is 0.538. The molecule has 0 amide bonds. The summed E-state index contributed by atoms with van der Waals surface area (Å²) in [6, 6.07) is 0. The summed E-state index contributed by atoms with van der Waals surface area (Å²) in [4.78, 5) is 0. The van der Waals surface area contributed by atoms with Crippen molar-refractivity contribution in [3.8, 4) is 0 Å². The molecular weight excluding hydrogens is 172 g/mol. The fourth-order valence-corrected chi connectivity index (χ4v) is 1.57. The van der Waals surface area contributed by atoms with E-state index in [0.29, 0.717) is 0 Å². The normalized spacial score (nSPS) is 25.5. The van der Waals surface area contributed by atoms with E-state index in [1.165, 1.54) is 18.4 Å². The predicted molar refractivity (Wildman–Crippen MR) is 61.0 cm³/mol. The lowest BCUT2D eigenvalue weighted by atomic mass is 9.93. The zero-order valence-corrected chi connectivity index (χ0v) is 9.42. The second kappa shape index (κ2) is 5.69. The van der Waals surface area contributed by atoms with Crippen LogP contribution in [0.2, 0.25) is 0 Å². The monoisotopic (exact) mass is 192 g/mol. The highest BCUT2D eigenvalue weighted by Crippen LogP contribution is 2.22. The summed E-state index contributed by atoms with van der Waals surface area (Å²) >= 11 is 0. The minimum atomic E-state index is 0.730. The lowest BCUT2D eigenvalue weighted by Crippen LogP contribution is -1.97. The van der Waals surface area contributed by atoms with E-state index in [4.69, 9.17) is 4.74 Å². The molecule has 78 valence electrons. The molecule has 1 unspecified atom stereocenters. The van der Waals surface area contributed by atoms with Crippen LogP contribution in [0.5, 0.6) is 0 Å². The van der Waals surface area contributed by atoms with E-state index >= 15 is 0 Å². The SMILES string of the molecule is CCC=C(C=C1C=CC(C)CC1)OC. The highest BCUT2D eigenvalue weighted by molar-refractivity contribution is 5.29. The topological polar surface area (TPSA) is 9.23 Å². The number of hydrogen-bond acceptors (Lipinski definition) is 1. The second-order valence-electron chi connectivity index (χ2n) is 3.81. The van der Waals surface area contributed by atoms with Crippen LogP contribution in [0.3, 0.4) is 0 Å². The summed E-state index contributed by atoms with van der Waals surface area (Å²) in [6.07, 6.45) is 12.2. The van der Waals surface area contributed by atoms with Crippen molar-refractivity contribution in [3.05, 3.63) is 35.6 Å². The summed E-state index contributed by atoms with van der Waals surface area (Å²) in [7, 11) is 1.73. The Hall–Kier alpha value is -0.980. The third-order valence-corrected chi connectivity index (χ3v) is 2.50. The molecule has 0 saturated carbocycles. The van der Waals surface area contributed by atoms with Crippen molar-refractivity contribution >= 4 is 0 Å². The number of allylic oxidation sites excluding steroid dienone is 5. The Kier molecular flexibility index (Phi) is 4.51. The lowest BCUT2D eigenvalue weighted by molar-refractivity contribution is 0.304. The van der Waals surface area contributed by atoms with Crippen molar-refractivity contribution < 1.29 is 4.74 Å². The molecule has 1 aliphatic carbocycles. The molecule has 1 heteroatoms. The van der Waals surface area contributed by atoms with E-state index < -0.39 is 0 Å². The Labute approximate surface area is 87.2 Å². The molecule has 1 aliphatic rings. The Bertz CT molecular complexity index is 258. The summed E-state index contributed by atoms with van der Waals surface area (Å²) in [5.74, 6) is 1.72. The highest BCUT2D eigenvalue weighted by atomic mass is 16.5. The van der Waals surface area contributed by atoms with Gasteiger partial charge in [0.1, 0.15) is 5.76 Å². The van der Waals surface area contributed by atoms with E-state index in [-0.39, 0.29) is 0 Å². The van der Waals surface area contributed by atoms with Gasteiger partial charge in [0, 0.05) is 0 Å². The van der Waals surface area contributed by atoms with E-state index in [0.717, 1.165) is 18.1 Å². The van der Waals surface area contributed by atoms with Gasteiger partial charge in [-0.25, -0.2) is 0 Å². The molecule has 0 aromatic heterocycles. The van der Waals surface area contributed by atoms with Crippen molar-refractivity contribution in [2.75, 3.05) is 7.11 Å². The van der Waals surface area contributed by atoms with Gasteiger partial charge < -0.3 is 4.74 Å². The van der Waals surface area contributed by atoms with Crippen LogP contribution in [0.25, 0.3) is 0 Å². The van der Waals surface area contributed by atoms with E-state index in [9.17, 15) is 0 Å². The molecule has 0 N–H and O–H groups in total. The third-order valence-electron chi connectivity index (χ3n) is 2.50. The van der Waals surface area contributed by atoms with Gasteiger partial charge in [0.05, 0.1) is 7.11 Å². The van der Waals surface area contributed by atoms with Gasteiger partial charge in [-0.2, -0.15) is 0 Å². The average molecular weight is 192 g/mol. The smallest absolute Gasteiger partial charge is 0.115 e. The molecule has 14 heavy (non-hydrogen) atoms. The Morgan fingerprint density at radius 2 is 2.43 bits per heavy atom. The van der Waals surface area contributed by atoms with Crippen molar-refractivity contribution in [2.45, 2.75) is 33.1 Å². The maximum Gasteiger partial charge on any atom is 0.115 e. The average Bonchev–Trinajstić information content (AvgIpc) is 2.20. The van der Waals surface area contributed by atoms with Gasteiger partial charge in [-0.15, -0.1) is 0 Å². The minimum absolute atomic E-state index is 0.730. The van der Waals surface area contributed by atoms with Crippen LogP contribution >= 0.6 is 0 Å². The van der Waals surface area contributed by atoms with Crippen LogP contribution in [-0.2, 0) is 4.74 Å². The number of hydrogen-bond donors (Lipinski definition) is 0. The van der Waals surface area contributed by atoms with Gasteiger partial charge in [0.15, 0.2) is 0 Å². The third kappa shape index (κ3) is 3.41. The molecule has 0 aliphatic heterocycles. The molecular formula is C13H20O. The van der Waals surface area contributed by atoms with Crippen LogP contribution < -0.4 is 0 Å². The van der Waals surface area contributed by atoms with Crippen LogP contribution in [-0.4, -0.2) is 7.11 Å². The molecule has 0 fully saturated rings. The zero-order chi connectivity index (χ0) is 10.4. The molecule has 0 bridgehead atoms. The lowest BCUT2D eigenvalue weighted by Gasteiger charge is -2.13. The Morgan fingerprint density at radius 3 is 2.93 bits per heavy atom. The largest absolute Gasteiger partial charge is 0.497 e. The van der Waals surface area contributed by atoms with Crippen molar-refractivity contribution in [3.63, 3.8) is 0 Å². The highest BCUT2D eigenvalue weighted by Gasteiger charge is 2.06. The van der Waals surface area contributed by atoms with Crippen LogP contribution in [0.4, 0.5) is 0 Å². The van der Waals surface area contributed by atoms with E-state index in [1.807, 2.05) is 0 Å². The zero-order valence-electron chi connectivity index (χ0n) is 9.42. The molecule has 0 radical (unpaired) electrons. The molecule has 0 spiro atoms.